The molecule has 1 aliphatic heterocycles. The maximum atomic E-state index is 12.4. The molecule has 2 rings (SSSR count). The summed E-state index contributed by atoms with van der Waals surface area (Å²) in [4.78, 5) is 24.2. The molecule has 0 spiro atoms. The molecule has 4 nitrogen and oxygen atoms in total. The molecule has 0 aliphatic carbocycles. The smallest absolute Gasteiger partial charge is 0.220 e. The number of para-hydroxylation sites is 1. The van der Waals surface area contributed by atoms with E-state index in [1.165, 1.54) is 0 Å². The lowest BCUT2D eigenvalue weighted by Crippen LogP contribution is -2.41. The lowest BCUT2D eigenvalue weighted by molar-refractivity contribution is -0.122. The molecule has 1 heterocycles. The highest BCUT2D eigenvalue weighted by atomic mass is 16.5. The Bertz CT molecular complexity index is 482. The summed E-state index contributed by atoms with van der Waals surface area (Å²) >= 11 is 0. The van der Waals surface area contributed by atoms with Gasteiger partial charge in [0.2, 0.25) is 5.91 Å². The van der Waals surface area contributed by atoms with Crippen LogP contribution in [-0.4, -0.2) is 24.3 Å². The van der Waals surface area contributed by atoms with Crippen LogP contribution < -0.4 is 10.1 Å². The van der Waals surface area contributed by atoms with Crippen molar-refractivity contribution in [2.45, 2.75) is 32.7 Å². The summed E-state index contributed by atoms with van der Waals surface area (Å²) in [6.45, 7) is 4.40. The van der Waals surface area contributed by atoms with Gasteiger partial charge >= 0.3 is 0 Å². The summed E-state index contributed by atoms with van der Waals surface area (Å²) in [6, 6.07) is 6.69. The number of Topliss-reactive ketones (excluding diaryl/α,β-unsaturated/α-hetero) is 1. The van der Waals surface area contributed by atoms with E-state index < -0.39 is 6.04 Å². The van der Waals surface area contributed by atoms with Gasteiger partial charge in [-0.25, -0.2) is 0 Å². The fraction of sp³-hybridized carbons (Fsp3) is 0.467. The van der Waals surface area contributed by atoms with Gasteiger partial charge in [-0.2, -0.15) is 0 Å². The lowest BCUT2D eigenvalue weighted by Gasteiger charge is -2.15. The highest BCUT2D eigenvalue weighted by molar-refractivity contribution is 6.04. The van der Waals surface area contributed by atoms with Gasteiger partial charge in [0.15, 0.2) is 5.78 Å². The van der Waals surface area contributed by atoms with E-state index in [2.05, 4.69) is 5.32 Å². The quantitative estimate of drug-likeness (QED) is 0.907. The van der Waals surface area contributed by atoms with Gasteiger partial charge in [0.25, 0.3) is 0 Å². The number of hydrogen-bond donors (Lipinski definition) is 1. The Morgan fingerprint density at radius 1 is 1.42 bits per heavy atom. The molecule has 1 N–H and O–H groups in total. The van der Waals surface area contributed by atoms with Crippen molar-refractivity contribution in [2.75, 3.05) is 6.61 Å². The summed E-state index contributed by atoms with van der Waals surface area (Å²) in [7, 11) is 0. The van der Waals surface area contributed by atoms with Gasteiger partial charge in [0.1, 0.15) is 5.75 Å². The van der Waals surface area contributed by atoms with Crippen LogP contribution in [0.5, 0.6) is 5.75 Å². The molecule has 1 unspecified atom stereocenters. The summed E-state index contributed by atoms with van der Waals surface area (Å²) in [5.41, 5.74) is 0.551. The van der Waals surface area contributed by atoms with Gasteiger partial charge in [-0.1, -0.05) is 26.0 Å². The average Bonchev–Trinajstić information content (AvgIpc) is 2.50. The fourth-order valence-electron chi connectivity index (χ4n) is 2.16. The third-order valence-electron chi connectivity index (χ3n) is 3.06. The van der Waals surface area contributed by atoms with E-state index in [0.29, 0.717) is 30.8 Å². The monoisotopic (exact) mass is 261 g/mol. The maximum Gasteiger partial charge on any atom is 0.220 e. The van der Waals surface area contributed by atoms with E-state index >= 15 is 0 Å². The van der Waals surface area contributed by atoms with Gasteiger partial charge < -0.3 is 10.1 Å². The van der Waals surface area contributed by atoms with Crippen LogP contribution in [-0.2, 0) is 4.79 Å². The van der Waals surface area contributed by atoms with Crippen molar-refractivity contribution in [1.29, 1.82) is 0 Å². The van der Waals surface area contributed by atoms with Crippen LogP contribution in [0, 0.1) is 5.92 Å². The molecule has 1 aromatic carbocycles. The van der Waals surface area contributed by atoms with E-state index in [4.69, 9.17) is 4.74 Å². The van der Waals surface area contributed by atoms with Crippen LogP contribution in [0.15, 0.2) is 24.3 Å². The van der Waals surface area contributed by atoms with Gasteiger partial charge in [0, 0.05) is 12.8 Å². The summed E-state index contributed by atoms with van der Waals surface area (Å²) in [6.07, 6.45) is 0.948. The van der Waals surface area contributed by atoms with Crippen LogP contribution in [0.1, 0.15) is 37.0 Å². The molecule has 4 heteroatoms. The number of amides is 1. The minimum Gasteiger partial charge on any atom is -0.493 e. The zero-order chi connectivity index (χ0) is 13.8. The molecular formula is C15H19NO3. The third-order valence-corrected chi connectivity index (χ3v) is 3.06. The maximum absolute atomic E-state index is 12.4. The number of carbonyl (C=O) groups excluding carboxylic acids is 2. The van der Waals surface area contributed by atoms with E-state index in [9.17, 15) is 9.59 Å². The zero-order valence-electron chi connectivity index (χ0n) is 11.3. The number of benzene rings is 1. The molecular weight excluding hydrogens is 242 g/mol. The molecule has 0 aromatic heterocycles. The molecule has 19 heavy (non-hydrogen) atoms. The van der Waals surface area contributed by atoms with Gasteiger partial charge in [0.05, 0.1) is 18.2 Å². The van der Waals surface area contributed by atoms with E-state index in [1.54, 1.807) is 18.2 Å². The summed E-state index contributed by atoms with van der Waals surface area (Å²) in [5.74, 6) is 0.746. The first-order valence-corrected chi connectivity index (χ1v) is 6.63. The second-order valence-electron chi connectivity index (χ2n) is 5.22. The van der Waals surface area contributed by atoms with Crippen molar-refractivity contribution in [1.82, 2.24) is 5.32 Å². The highest BCUT2D eigenvalue weighted by Gasteiger charge is 2.27. The Labute approximate surface area is 113 Å². The highest BCUT2D eigenvalue weighted by Crippen LogP contribution is 2.23. The van der Waals surface area contributed by atoms with Crippen molar-refractivity contribution in [3.05, 3.63) is 29.8 Å². The largest absolute Gasteiger partial charge is 0.493 e. The van der Waals surface area contributed by atoms with Crippen molar-refractivity contribution >= 4 is 11.7 Å². The van der Waals surface area contributed by atoms with Crippen LogP contribution in [0.4, 0.5) is 0 Å². The lowest BCUT2D eigenvalue weighted by atomic mass is 10.0. The van der Waals surface area contributed by atoms with Crippen LogP contribution >= 0.6 is 0 Å². The number of ketones is 1. The first-order valence-electron chi connectivity index (χ1n) is 6.63. The van der Waals surface area contributed by atoms with E-state index in [1.807, 2.05) is 19.9 Å². The van der Waals surface area contributed by atoms with Crippen LogP contribution in [0.25, 0.3) is 0 Å². The molecule has 102 valence electrons. The standard InChI is InChI=1S/C15H19NO3/c1-10(2)9-14(17)16-12-7-8-19-13-6-4-3-5-11(13)15(12)18/h3-6,10,12H,7-9H2,1-2H3,(H,16,17). The molecule has 0 fully saturated rings. The second-order valence-corrected chi connectivity index (χ2v) is 5.22. The Morgan fingerprint density at radius 2 is 2.16 bits per heavy atom. The zero-order valence-corrected chi connectivity index (χ0v) is 11.3. The van der Waals surface area contributed by atoms with Gasteiger partial charge in [-0.05, 0) is 18.1 Å². The molecule has 1 atom stereocenters. The number of hydrogen-bond acceptors (Lipinski definition) is 3. The third kappa shape index (κ3) is 3.34. The van der Waals surface area contributed by atoms with E-state index in [0.717, 1.165) is 0 Å². The summed E-state index contributed by atoms with van der Waals surface area (Å²) in [5, 5.41) is 2.81. The number of carbonyl (C=O) groups is 2. The number of fused-ring (bicyclic) bond motifs is 1. The minimum absolute atomic E-state index is 0.0646. The second kappa shape index (κ2) is 5.87. The first-order chi connectivity index (χ1) is 9.08. The van der Waals surface area contributed by atoms with Crippen LogP contribution in [0.3, 0.4) is 0 Å². The predicted octanol–water partition coefficient (Wildman–Crippen LogP) is 2.18. The Balaban J connectivity index is 2.11. The normalized spacial score (nSPS) is 18.5. The Morgan fingerprint density at radius 3 is 2.89 bits per heavy atom. The Kier molecular flexibility index (Phi) is 4.20. The van der Waals surface area contributed by atoms with Gasteiger partial charge in [-0.3, -0.25) is 9.59 Å². The molecule has 0 bridgehead atoms. The van der Waals surface area contributed by atoms with Crippen LogP contribution in [0.2, 0.25) is 0 Å². The number of ether oxygens (including phenoxy) is 1. The predicted molar refractivity (Wildman–Crippen MR) is 72.3 cm³/mol. The van der Waals surface area contributed by atoms with Crippen molar-refractivity contribution in [3.8, 4) is 5.75 Å². The van der Waals surface area contributed by atoms with Gasteiger partial charge in [-0.15, -0.1) is 0 Å². The molecule has 0 saturated carbocycles. The number of rotatable bonds is 3. The number of nitrogens with one attached hydrogen (secondary N) is 1. The summed E-state index contributed by atoms with van der Waals surface area (Å²) < 4.78 is 5.54. The molecule has 0 saturated heterocycles. The fourth-order valence-corrected chi connectivity index (χ4v) is 2.16. The molecule has 1 aromatic rings. The van der Waals surface area contributed by atoms with Crippen molar-refractivity contribution in [3.63, 3.8) is 0 Å². The Hall–Kier alpha value is -1.84. The molecule has 0 radical (unpaired) electrons. The first kappa shape index (κ1) is 13.6. The topological polar surface area (TPSA) is 55.4 Å². The molecule has 1 amide bonds. The SMILES string of the molecule is CC(C)CC(=O)NC1CCOc2ccccc2C1=O. The van der Waals surface area contributed by atoms with Crippen molar-refractivity contribution in [2.24, 2.45) is 5.92 Å². The average molecular weight is 261 g/mol. The van der Waals surface area contributed by atoms with E-state index in [-0.39, 0.29) is 17.6 Å². The minimum atomic E-state index is -0.477. The molecule has 1 aliphatic rings. The van der Waals surface area contributed by atoms with Crippen molar-refractivity contribution < 1.29 is 14.3 Å².